The van der Waals surface area contributed by atoms with Gasteiger partial charge >= 0.3 is 0 Å². The molecule has 1 aromatic carbocycles. The van der Waals surface area contributed by atoms with Crippen molar-refractivity contribution < 1.29 is 13.9 Å². The third-order valence-electron chi connectivity index (χ3n) is 4.13. The molecule has 1 atom stereocenters. The predicted octanol–water partition coefficient (Wildman–Crippen LogP) is 4.05. The molecule has 1 aromatic heterocycles. The number of nitrogens with zero attached hydrogens (tertiary/aromatic N) is 1. The molecule has 0 saturated heterocycles. The number of halogens is 1. The summed E-state index contributed by atoms with van der Waals surface area (Å²) in [4.78, 5) is 16.1. The number of carbonyl (C=O) groups excluding carboxylic acids is 1. The fraction of sp³-hybridized carbons (Fsp3) is 0.353. The number of benzene rings is 1. The Labute approximate surface area is 133 Å². The van der Waals surface area contributed by atoms with Crippen molar-refractivity contribution in [3.63, 3.8) is 0 Å². The van der Waals surface area contributed by atoms with Crippen molar-refractivity contribution in [3.05, 3.63) is 51.5 Å². The second-order valence-corrected chi connectivity index (χ2v) is 6.32. The smallest absolute Gasteiger partial charge is 0.258 e. The number of hydrogen-bond acceptors (Lipinski definition) is 3. The maximum absolute atomic E-state index is 13.6. The van der Waals surface area contributed by atoms with E-state index in [1.54, 1.807) is 11.3 Å². The van der Waals surface area contributed by atoms with Crippen molar-refractivity contribution in [2.75, 3.05) is 13.7 Å². The van der Waals surface area contributed by atoms with Crippen LogP contribution >= 0.6 is 11.3 Å². The molecular weight excluding hydrogens is 301 g/mol. The van der Waals surface area contributed by atoms with Crippen LogP contribution < -0.4 is 4.74 Å². The van der Waals surface area contributed by atoms with Crippen LogP contribution in [-0.2, 0) is 6.42 Å². The van der Waals surface area contributed by atoms with E-state index >= 15 is 0 Å². The highest BCUT2D eigenvalue weighted by Crippen LogP contribution is 2.36. The largest absolute Gasteiger partial charge is 0.496 e. The summed E-state index contributed by atoms with van der Waals surface area (Å²) in [5.74, 6) is -0.178. The average Bonchev–Trinajstić information content (AvgIpc) is 3.01. The first-order valence-electron chi connectivity index (χ1n) is 7.36. The van der Waals surface area contributed by atoms with E-state index in [1.165, 1.54) is 35.7 Å². The van der Waals surface area contributed by atoms with Crippen molar-refractivity contribution in [1.29, 1.82) is 0 Å². The van der Waals surface area contributed by atoms with Gasteiger partial charge in [-0.25, -0.2) is 4.39 Å². The minimum atomic E-state index is -0.426. The molecule has 0 N–H and O–H groups in total. The van der Waals surface area contributed by atoms with Crippen LogP contribution in [0.15, 0.2) is 29.6 Å². The normalized spacial score (nSPS) is 17.2. The fourth-order valence-corrected chi connectivity index (χ4v) is 4.01. The van der Waals surface area contributed by atoms with Gasteiger partial charge in [0.05, 0.1) is 18.7 Å². The molecule has 0 bridgehead atoms. The Kier molecular flexibility index (Phi) is 4.16. The number of rotatable bonds is 3. The molecular formula is C17H18FNO2S. The Bertz CT molecular complexity index is 698. The van der Waals surface area contributed by atoms with Crippen LogP contribution in [-0.4, -0.2) is 24.5 Å². The van der Waals surface area contributed by atoms with Crippen molar-refractivity contribution in [2.45, 2.75) is 25.8 Å². The summed E-state index contributed by atoms with van der Waals surface area (Å²) < 4.78 is 18.8. The van der Waals surface area contributed by atoms with Crippen LogP contribution in [0.2, 0.25) is 0 Å². The topological polar surface area (TPSA) is 29.5 Å². The van der Waals surface area contributed by atoms with Gasteiger partial charge in [0.25, 0.3) is 5.91 Å². The van der Waals surface area contributed by atoms with Gasteiger partial charge in [0.2, 0.25) is 0 Å². The molecule has 1 unspecified atom stereocenters. The Morgan fingerprint density at radius 3 is 3.00 bits per heavy atom. The van der Waals surface area contributed by atoms with E-state index in [2.05, 4.69) is 18.4 Å². The second kappa shape index (κ2) is 6.08. The van der Waals surface area contributed by atoms with Crippen LogP contribution in [0.25, 0.3) is 0 Å². The van der Waals surface area contributed by atoms with Gasteiger partial charge in [-0.1, -0.05) is 6.92 Å². The van der Waals surface area contributed by atoms with E-state index in [-0.39, 0.29) is 11.9 Å². The highest BCUT2D eigenvalue weighted by Gasteiger charge is 2.32. The standard InChI is InChI=1S/C17H18FNO2S/c1-3-14-12-7-9-22-16(12)6-8-19(14)17(20)13-10-11(18)4-5-15(13)21-2/h4-5,7,9-10,14H,3,6,8H2,1-2H3. The Morgan fingerprint density at radius 1 is 1.45 bits per heavy atom. The summed E-state index contributed by atoms with van der Waals surface area (Å²) in [7, 11) is 1.49. The van der Waals surface area contributed by atoms with Crippen LogP contribution in [0.4, 0.5) is 4.39 Å². The number of hydrogen-bond donors (Lipinski definition) is 0. The number of ether oxygens (including phenoxy) is 1. The van der Waals surface area contributed by atoms with Gasteiger partial charge in [-0.15, -0.1) is 11.3 Å². The van der Waals surface area contributed by atoms with E-state index in [9.17, 15) is 9.18 Å². The Hall–Kier alpha value is -1.88. The maximum atomic E-state index is 13.6. The molecule has 3 rings (SSSR count). The van der Waals surface area contributed by atoms with Crippen LogP contribution in [0.1, 0.15) is 40.2 Å². The molecule has 22 heavy (non-hydrogen) atoms. The number of fused-ring (bicyclic) bond motifs is 1. The van der Waals surface area contributed by atoms with E-state index in [4.69, 9.17) is 4.74 Å². The summed E-state index contributed by atoms with van der Waals surface area (Å²) in [5.41, 5.74) is 1.52. The van der Waals surface area contributed by atoms with E-state index in [1.807, 2.05) is 4.90 Å². The SMILES string of the molecule is CCC1c2ccsc2CCN1C(=O)c1cc(F)ccc1OC. The monoisotopic (exact) mass is 319 g/mol. The first kappa shape index (κ1) is 15.0. The zero-order valence-electron chi connectivity index (χ0n) is 12.6. The fourth-order valence-electron chi connectivity index (χ4n) is 3.08. The van der Waals surface area contributed by atoms with Gasteiger partial charge in [-0.05, 0) is 48.1 Å². The minimum Gasteiger partial charge on any atom is -0.496 e. The first-order chi connectivity index (χ1) is 10.7. The molecule has 1 aliphatic heterocycles. The number of carbonyl (C=O) groups is 1. The Balaban J connectivity index is 1.97. The van der Waals surface area contributed by atoms with Crippen LogP contribution in [0, 0.1) is 5.82 Å². The molecule has 3 nitrogen and oxygen atoms in total. The highest BCUT2D eigenvalue weighted by molar-refractivity contribution is 7.10. The molecule has 2 aromatic rings. The molecule has 5 heteroatoms. The third kappa shape index (κ3) is 2.50. The van der Waals surface area contributed by atoms with Crippen LogP contribution in [0.5, 0.6) is 5.75 Å². The van der Waals surface area contributed by atoms with E-state index in [0.29, 0.717) is 17.9 Å². The molecule has 1 amide bonds. The summed E-state index contributed by atoms with van der Waals surface area (Å²) in [6.45, 7) is 2.73. The van der Waals surface area contributed by atoms with Gasteiger partial charge in [0, 0.05) is 11.4 Å². The molecule has 0 fully saturated rings. The maximum Gasteiger partial charge on any atom is 0.258 e. The molecule has 0 saturated carbocycles. The summed E-state index contributed by atoms with van der Waals surface area (Å²) >= 11 is 1.74. The molecule has 0 radical (unpaired) electrons. The van der Waals surface area contributed by atoms with Gasteiger partial charge in [-0.2, -0.15) is 0 Å². The van der Waals surface area contributed by atoms with Gasteiger partial charge in [0.1, 0.15) is 11.6 Å². The molecule has 2 heterocycles. The van der Waals surface area contributed by atoms with E-state index < -0.39 is 5.82 Å². The number of methoxy groups -OCH3 is 1. The van der Waals surface area contributed by atoms with E-state index in [0.717, 1.165) is 12.8 Å². The van der Waals surface area contributed by atoms with Crippen molar-refractivity contribution >= 4 is 17.2 Å². The summed E-state index contributed by atoms with van der Waals surface area (Å²) in [5, 5.41) is 2.07. The predicted molar refractivity (Wildman–Crippen MR) is 85.0 cm³/mol. The van der Waals surface area contributed by atoms with Gasteiger partial charge < -0.3 is 9.64 Å². The van der Waals surface area contributed by atoms with Crippen molar-refractivity contribution in [2.24, 2.45) is 0 Å². The zero-order valence-corrected chi connectivity index (χ0v) is 13.5. The van der Waals surface area contributed by atoms with Crippen molar-refractivity contribution in [1.82, 2.24) is 4.90 Å². The highest BCUT2D eigenvalue weighted by atomic mass is 32.1. The summed E-state index contributed by atoms with van der Waals surface area (Å²) in [6.07, 6.45) is 1.69. The van der Waals surface area contributed by atoms with Crippen LogP contribution in [0.3, 0.4) is 0 Å². The summed E-state index contributed by atoms with van der Waals surface area (Å²) in [6, 6.07) is 6.22. The molecule has 0 aliphatic carbocycles. The Morgan fingerprint density at radius 2 is 2.27 bits per heavy atom. The average molecular weight is 319 g/mol. The second-order valence-electron chi connectivity index (χ2n) is 5.32. The molecule has 1 aliphatic rings. The van der Waals surface area contributed by atoms with Crippen molar-refractivity contribution in [3.8, 4) is 5.75 Å². The lowest BCUT2D eigenvalue weighted by molar-refractivity contribution is 0.0653. The minimum absolute atomic E-state index is 0.0514. The number of amides is 1. The molecule has 0 spiro atoms. The lowest BCUT2D eigenvalue weighted by Gasteiger charge is -2.35. The lowest BCUT2D eigenvalue weighted by atomic mass is 9.96. The zero-order chi connectivity index (χ0) is 15.7. The first-order valence-corrected chi connectivity index (χ1v) is 8.24. The third-order valence-corrected chi connectivity index (χ3v) is 5.13. The lowest BCUT2D eigenvalue weighted by Crippen LogP contribution is -2.39. The molecule has 116 valence electrons. The van der Waals surface area contributed by atoms with Gasteiger partial charge in [0.15, 0.2) is 0 Å². The quantitative estimate of drug-likeness (QED) is 0.854. The van der Waals surface area contributed by atoms with Gasteiger partial charge in [-0.3, -0.25) is 4.79 Å². The number of thiophene rings is 1.